The standard InChI is InChI=1S/C16H21F2NO2/c1-11(19(2)10-12-5-7-21-8-6-12)16(20)13-3-4-14(17)15(18)9-13/h3-4,9,11-12H,5-8,10H2,1-2H3. The molecule has 1 heterocycles. The quantitative estimate of drug-likeness (QED) is 0.783. The second kappa shape index (κ2) is 7.09. The summed E-state index contributed by atoms with van der Waals surface area (Å²) in [6.07, 6.45) is 1.99. The number of benzene rings is 1. The van der Waals surface area contributed by atoms with Gasteiger partial charge in [0, 0.05) is 25.3 Å². The molecule has 21 heavy (non-hydrogen) atoms. The number of likely N-dealkylation sites (N-methyl/N-ethyl adjacent to an activating group) is 1. The largest absolute Gasteiger partial charge is 0.381 e. The van der Waals surface area contributed by atoms with Crippen molar-refractivity contribution >= 4 is 5.78 Å². The van der Waals surface area contributed by atoms with Crippen molar-refractivity contribution < 1.29 is 18.3 Å². The van der Waals surface area contributed by atoms with Gasteiger partial charge in [-0.15, -0.1) is 0 Å². The van der Waals surface area contributed by atoms with Crippen LogP contribution in [0.25, 0.3) is 0 Å². The molecule has 5 heteroatoms. The van der Waals surface area contributed by atoms with E-state index in [9.17, 15) is 13.6 Å². The normalized spacial score (nSPS) is 18.0. The zero-order valence-electron chi connectivity index (χ0n) is 12.4. The highest BCUT2D eigenvalue weighted by molar-refractivity contribution is 5.99. The molecule has 1 saturated heterocycles. The summed E-state index contributed by atoms with van der Waals surface area (Å²) in [5.74, 6) is -1.60. The molecule has 1 aliphatic rings. The van der Waals surface area contributed by atoms with Gasteiger partial charge in [-0.05, 0) is 50.9 Å². The minimum absolute atomic E-state index is 0.191. The lowest BCUT2D eigenvalue weighted by Gasteiger charge is -2.30. The maximum atomic E-state index is 13.2. The van der Waals surface area contributed by atoms with Gasteiger partial charge in [-0.25, -0.2) is 8.78 Å². The fraction of sp³-hybridized carbons (Fsp3) is 0.562. The van der Waals surface area contributed by atoms with Crippen molar-refractivity contribution in [2.75, 3.05) is 26.8 Å². The van der Waals surface area contributed by atoms with Gasteiger partial charge in [0.05, 0.1) is 6.04 Å². The van der Waals surface area contributed by atoms with Gasteiger partial charge in [-0.3, -0.25) is 9.69 Å². The maximum absolute atomic E-state index is 13.2. The SMILES string of the molecule is CC(C(=O)c1ccc(F)c(F)c1)N(C)CC1CCOCC1. The van der Waals surface area contributed by atoms with E-state index in [-0.39, 0.29) is 17.4 Å². The summed E-state index contributed by atoms with van der Waals surface area (Å²) in [7, 11) is 1.89. The summed E-state index contributed by atoms with van der Waals surface area (Å²) in [4.78, 5) is 14.3. The molecule has 1 fully saturated rings. The molecule has 2 rings (SSSR count). The molecule has 0 bridgehead atoms. The minimum Gasteiger partial charge on any atom is -0.381 e. The van der Waals surface area contributed by atoms with Crippen molar-refractivity contribution in [2.24, 2.45) is 5.92 Å². The van der Waals surface area contributed by atoms with E-state index in [4.69, 9.17) is 4.74 Å². The van der Waals surface area contributed by atoms with Crippen molar-refractivity contribution in [3.05, 3.63) is 35.4 Å². The number of halogens is 2. The van der Waals surface area contributed by atoms with Crippen molar-refractivity contribution in [2.45, 2.75) is 25.8 Å². The van der Waals surface area contributed by atoms with Gasteiger partial charge in [0.2, 0.25) is 0 Å². The number of hydrogen-bond donors (Lipinski definition) is 0. The molecule has 0 saturated carbocycles. The highest BCUT2D eigenvalue weighted by atomic mass is 19.2. The smallest absolute Gasteiger partial charge is 0.179 e. The molecule has 1 aliphatic heterocycles. The Balaban J connectivity index is 1.98. The van der Waals surface area contributed by atoms with Crippen molar-refractivity contribution in [1.29, 1.82) is 0 Å². The lowest BCUT2D eigenvalue weighted by atomic mass is 9.98. The Morgan fingerprint density at radius 3 is 2.62 bits per heavy atom. The molecule has 0 N–H and O–H groups in total. The molecule has 0 radical (unpaired) electrons. The van der Waals surface area contributed by atoms with Gasteiger partial charge in [-0.1, -0.05) is 0 Å². The van der Waals surface area contributed by atoms with E-state index in [0.717, 1.165) is 44.7 Å². The van der Waals surface area contributed by atoms with E-state index in [1.807, 2.05) is 11.9 Å². The summed E-state index contributed by atoms with van der Waals surface area (Å²) < 4.78 is 31.5. The first-order chi connectivity index (χ1) is 9.99. The molecule has 1 aromatic rings. The predicted molar refractivity (Wildman–Crippen MR) is 76.3 cm³/mol. The van der Waals surface area contributed by atoms with Crippen LogP contribution in [-0.2, 0) is 4.74 Å². The number of carbonyl (C=O) groups excluding carboxylic acids is 1. The van der Waals surface area contributed by atoms with Gasteiger partial charge < -0.3 is 4.74 Å². The number of ketones is 1. The van der Waals surface area contributed by atoms with E-state index in [1.54, 1.807) is 6.92 Å². The number of hydrogen-bond acceptors (Lipinski definition) is 3. The monoisotopic (exact) mass is 297 g/mol. The second-order valence-corrected chi connectivity index (χ2v) is 5.66. The van der Waals surface area contributed by atoms with Crippen LogP contribution in [0.5, 0.6) is 0 Å². The molecule has 1 unspecified atom stereocenters. The molecule has 0 aromatic heterocycles. The third kappa shape index (κ3) is 4.08. The molecule has 0 spiro atoms. The molecule has 1 atom stereocenters. The molecule has 1 aromatic carbocycles. The van der Waals surface area contributed by atoms with Crippen LogP contribution in [0, 0.1) is 17.6 Å². The Hall–Kier alpha value is -1.33. The summed E-state index contributed by atoms with van der Waals surface area (Å²) in [5, 5.41) is 0. The zero-order chi connectivity index (χ0) is 15.4. The third-order valence-electron chi connectivity index (χ3n) is 4.13. The van der Waals surface area contributed by atoms with E-state index in [1.165, 1.54) is 6.07 Å². The van der Waals surface area contributed by atoms with Crippen molar-refractivity contribution in [1.82, 2.24) is 4.90 Å². The van der Waals surface area contributed by atoms with Crippen LogP contribution >= 0.6 is 0 Å². The van der Waals surface area contributed by atoms with Crippen LogP contribution in [-0.4, -0.2) is 43.5 Å². The first-order valence-electron chi connectivity index (χ1n) is 7.26. The fourth-order valence-corrected chi connectivity index (χ4v) is 2.59. The third-order valence-corrected chi connectivity index (χ3v) is 4.13. The van der Waals surface area contributed by atoms with E-state index in [2.05, 4.69) is 0 Å². The van der Waals surface area contributed by atoms with Gasteiger partial charge in [0.15, 0.2) is 17.4 Å². The average Bonchev–Trinajstić information content (AvgIpc) is 2.49. The van der Waals surface area contributed by atoms with E-state index >= 15 is 0 Å². The molecule has 0 aliphatic carbocycles. The maximum Gasteiger partial charge on any atom is 0.179 e. The first kappa shape index (κ1) is 16.0. The number of nitrogens with zero attached hydrogens (tertiary/aromatic N) is 1. The molecular formula is C16H21F2NO2. The summed E-state index contributed by atoms with van der Waals surface area (Å²) >= 11 is 0. The van der Waals surface area contributed by atoms with Crippen molar-refractivity contribution in [3.8, 4) is 0 Å². The predicted octanol–water partition coefficient (Wildman–Crippen LogP) is 2.89. The van der Waals surface area contributed by atoms with Crippen LogP contribution in [0.4, 0.5) is 8.78 Å². The lowest BCUT2D eigenvalue weighted by molar-refractivity contribution is 0.0496. The van der Waals surface area contributed by atoms with Crippen LogP contribution < -0.4 is 0 Å². The number of ether oxygens (including phenoxy) is 1. The number of carbonyl (C=O) groups is 1. The molecular weight excluding hydrogens is 276 g/mol. The van der Waals surface area contributed by atoms with Crippen LogP contribution in [0.3, 0.4) is 0 Å². The fourth-order valence-electron chi connectivity index (χ4n) is 2.59. The van der Waals surface area contributed by atoms with E-state index in [0.29, 0.717) is 5.92 Å². The summed E-state index contributed by atoms with van der Waals surface area (Å²) in [5.41, 5.74) is 0.209. The van der Waals surface area contributed by atoms with Crippen LogP contribution in [0.2, 0.25) is 0 Å². The number of Topliss-reactive ketones (excluding diaryl/α,β-unsaturated/α-hetero) is 1. The van der Waals surface area contributed by atoms with Gasteiger partial charge in [-0.2, -0.15) is 0 Å². The Morgan fingerprint density at radius 2 is 2.00 bits per heavy atom. The topological polar surface area (TPSA) is 29.5 Å². The number of rotatable bonds is 5. The summed E-state index contributed by atoms with van der Waals surface area (Å²) in [6.45, 7) is 4.14. The van der Waals surface area contributed by atoms with Gasteiger partial charge in [0.25, 0.3) is 0 Å². The molecule has 3 nitrogen and oxygen atoms in total. The summed E-state index contributed by atoms with van der Waals surface area (Å²) in [6, 6.07) is 2.93. The highest BCUT2D eigenvalue weighted by Crippen LogP contribution is 2.18. The van der Waals surface area contributed by atoms with Crippen LogP contribution in [0.1, 0.15) is 30.1 Å². The average molecular weight is 297 g/mol. The Bertz CT molecular complexity index is 501. The minimum atomic E-state index is -0.986. The molecule has 116 valence electrons. The Labute approximate surface area is 123 Å². The van der Waals surface area contributed by atoms with Crippen LogP contribution in [0.15, 0.2) is 18.2 Å². The van der Waals surface area contributed by atoms with Crippen molar-refractivity contribution in [3.63, 3.8) is 0 Å². The Morgan fingerprint density at radius 1 is 1.33 bits per heavy atom. The van der Waals surface area contributed by atoms with Gasteiger partial charge in [0.1, 0.15) is 0 Å². The first-order valence-corrected chi connectivity index (χ1v) is 7.26. The van der Waals surface area contributed by atoms with Gasteiger partial charge >= 0.3 is 0 Å². The van der Waals surface area contributed by atoms with E-state index < -0.39 is 11.6 Å². The highest BCUT2D eigenvalue weighted by Gasteiger charge is 2.24. The molecule has 0 amide bonds. The second-order valence-electron chi connectivity index (χ2n) is 5.66. The Kier molecular flexibility index (Phi) is 5.42. The zero-order valence-corrected chi connectivity index (χ0v) is 12.4. The lowest BCUT2D eigenvalue weighted by Crippen LogP contribution is -2.40.